The third-order valence-corrected chi connectivity index (χ3v) is 4.14. The van der Waals surface area contributed by atoms with Crippen LogP contribution in [0, 0.1) is 0 Å². The molecule has 0 saturated heterocycles. The average molecular weight is 296 g/mol. The zero-order valence-electron chi connectivity index (χ0n) is 12.3. The fourth-order valence-corrected chi connectivity index (χ4v) is 2.28. The summed E-state index contributed by atoms with van der Waals surface area (Å²) < 4.78 is 32.3. The Kier molecular flexibility index (Phi) is 6.40. The van der Waals surface area contributed by atoms with Crippen molar-refractivity contribution in [3.63, 3.8) is 0 Å². The van der Waals surface area contributed by atoms with Crippen LogP contribution in [0.5, 0.6) is 0 Å². The van der Waals surface area contributed by atoms with Gasteiger partial charge in [-0.05, 0) is 34.6 Å². The molecular formula is C11H24N2O5S. The van der Waals surface area contributed by atoms with Gasteiger partial charge in [0.2, 0.25) is 0 Å². The Balaban J connectivity index is 4.82. The average Bonchev–Trinajstić information content (AvgIpc) is 2.21. The molecule has 0 aliphatic heterocycles. The molecule has 0 aliphatic rings. The highest BCUT2D eigenvalue weighted by molar-refractivity contribution is 7.87. The van der Waals surface area contributed by atoms with Gasteiger partial charge in [0.1, 0.15) is 6.04 Å². The van der Waals surface area contributed by atoms with E-state index in [1.165, 1.54) is 7.05 Å². The van der Waals surface area contributed by atoms with Crippen LogP contribution in [0.25, 0.3) is 0 Å². The number of nitrogens with one attached hydrogen (secondary N) is 1. The van der Waals surface area contributed by atoms with Gasteiger partial charge in [0.15, 0.2) is 0 Å². The van der Waals surface area contributed by atoms with Crippen LogP contribution in [0.15, 0.2) is 0 Å². The maximum absolute atomic E-state index is 11.9. The van der Waals surface area contributed by atoms with Crippen LogP contribution in [0.3, 0.4) is 0 Å². The van der Waals surface area contributed by atoms with E-state index in [2.05, 4.69) is 4.72 Å². The molecule has 0 unspecified atom stereocenters. The third kappa shape index (κ3) is 6.86. The van der Waals surface area contributed by atoms with Crippen LogP contribution < -0.4 is 4.72 Å². The Morgan fingerprint density at radius 2 is 1.84 bits per heavy atom. The van der Waals surface area contributed by atoms with Crippen LogP contribution in [-0.2, 0) is 19.7 Å². The van der Waals surface area contributed by atoms with Gasteiger partial charge in [0, 0.05) is 13.1 Å². The van der Waals surface area contributed by atoms with Crippen molar-refractivity contribution in [2.75, 3.05) is 13.7 Å². The maximum atomic E-state index is 11.9. The molecule has 0 heterocycles. The summed E-state index contributed by atoms with van der Waals surface area (Å²) in [5.41, 5.74) is -0.539. The maximum Gasteiger partial charge on any atom is 0.324 e. The number of carboxylic acid groups (broad SMARTS) is 1. The number of hydrogen-bond acceptors (Lipinski definition) is 4. The van der Waals surface area contributed by atoms with Crippen LogP contribution in [0.1, 0.15) is 34.6 Å². The number of carbonyl (C=O) groups is 1. The molecule has 0 amide bonds. The number of nitrogens with zero attached hydrogens (tertiary/aromatic N) is 1. The van der Waals surface area contributed by atoms with E-state index in [0.717, 1.165) is 4.31 Å². The molecule has 0 spiro atoms. The molecule has 0 aromatic heterocycles. The van der Waals surface area contributed by atoms with Crippen molar-refractivity contribution in [1.29, 1.82) is 0 Å². The number of carboxylic acids is 1. The summed E-state index contributed by atoms with van der Waals surface area (Å²) in [5.74, 6) is -1.27. The molecule has 0 aliphatic carbocycles. The second kappa shape index (κ2) is 6.65. The summed E-state index contributed by atoms with van der Waals surface area (Å²) in [6, 6.07) is -1.58. The van der Waals surface area contributed by atoms with Gasteiger partial charge in [-0.2, -0.15) is 17.4 Å². The molecule has 0 bridgehead atoms. The molecule has 114 valence electrons. The molecule has 19 heavy (non-hydrogen) atoms. The largest absolute Gasteiger partial charge is 0.480 e. The normalized spacial score (nSPS) is 14.9. The number of rotatable bonds is 7. The molecule has 0 saturated carbocycles. The van der Waals surface area contributed by atoms with Crippen molar-refractivity contribution in [3.8, 4) is 0 Å². The Bertz CT molecular complexity index is 400. The first-order valence-electron chi connectivity index (χ1n) is 5.99. The lowest BCUT2D eigenvalue weighted by Crippen LogP contribution is -2.51. The zero-order chi connectivity index (χ0) is 15.4. The van der Waals surface area contributed by atoms with Crippen molar-refractivity contribution in [3.05, 3.63) is 0 Å². The van der Waals surface area contributed by atoms with Gasteiger partial charge in [0.05, 0.1) is 12.2 Å². The van der Waals surface area contributed by atoms with E-state index >= 15 is 0 Å². The van der Waals surface area contributed by atoms with Gasteiger partial charge >= 0.3 is 5.97 Å². The minimum absolute atomic E-state index is 0.232. The molecule has 0 fully saturated rings. The number of aliphatic carboxylic acids is 1. The van der Waals surface area contributed by atoms with Crippen LogP contribution in [0.4, 0.5) is 0 Å². The van der Waals surface area contributed by atoms with Gasteiger partial charge in [-0.3, -0.25) is 4.79 Å². The SMILES string of the molecule is CC(C)N(C)S(=O)(=O)N[C@@H](COC(C)(C)C)C(=O)O. The summed E-state index contributed by atoms with van der Waals surface area (Å²) in [5, 5.41) is 9.03. The molecule has 0 aromatic carbocycles. The highest BCUT2D eigenvalue weighted by Crippen LogP contribution is 2.08. The lowest BCUT2D eigenvalue weighted by molar-refractivity contribution is -0.142. The molecule has 0 radical (unpaired) electrons. The van der Waals surface area contributed by atoms with Crippen LogP contribution in [-0.4, -0.2) is 55.1 Å². The Labute approximate surface area is 115 Å². The summed E-state index contributed by atoms with van der Waals surface area (Å²) in [7, 11) is -2.46. The molecule has 0 aromatic rings. The van der Waals surface area contributed by atoms with Crippen molar-refractivity contribution in [1.82, 2.24) is 9.03 Å². The van der Waals surface area contributed by atoms with E-state index in [1.54, 1.807) is 34.6 Å². The lowest BCUT2D eigenvalue weighted by atomic mass is 10.2. The second-order valence-corrected chi connectivity index (χ2v) is 7.31. The predicted octanol–water partition coefficient (Wildman–Crippen LogP) is 0.429. The van der Waals surface area contributed by atoms with Crippen molar-refractivity contribution in [2.24, 2.45) is 0 Å². The Hall–Kier alpha value is -0.700. The standard InChI is InChI=1S/C11H24N2O5S/c1-8(2)13(6)19(16,17)12-9(10(14)15)7-18-11(3,4)5/h8-9,12H,7H2,1-6H3,(H,14,15)/t9-/m0/s1. The van der Waals surface area contributed by atoms with Crippen molar-refractivity contribution < 1.29 is 23.1 Å². The zero-order valence-corrected chi connectivity index (χ0v) is 13.1. The molecule has 2 N–H and O–H groups in total. The fourth-order valence-electron chi connectivity index (χ4n) is 1.03. The van der Waals surface area contributed by atoms with Gasteiger partial charge in [-0.25, -0.2) is 0 Å². The molecule has 7 nitrogen and oxygen atoms in total. The first-order chi connectivity index (χ1) is 8.37. The first kappa shape index (κ1) is 18.3. The Morgan fingerprint density at radius 3 is 2.16 bits per heavy atom. The van der Waals surface area contributed by atoms with Gasteiger partial charge in [-0.15, -0.1) is 0 Å². The quantitative estimate of drug-likeness (QED) is 0.710. The van der Waals surface area contributed by atoms with Crippen LogP contribution >= 0.6 is 0 Å². The van der Waals surface area contributed by atoms with E-state index in [1.807, 2.05) is 0 Å². The Morgan fingerprint density at radius 1 is 1.37 bits per heavy atom. The first-order valence-corrected chi connectivity index (χ1v) is 7.43. The number of ether oxygens (including phenoxy) is 1. The third-order valence-electron chi connectivity index (χ3n) is 2.38. The minimum Gasteiger partial charge on any atom is -0.480 e. The summed E-state index contributed by atoms with van der Waals surface area (Å²) in [4.78, 5) is 11.1. The molecular weight excluding hydrogens is 272 g/mol. The molecule has 8 heteroatoms. The van der Waals surface area contributed by atoms with E-state index < -0.39 is 27.8 Å². The minimum atomic E-state index is -3.85. The lowest BCUT2D eigenvalue weighted by Gasteiger charge is -2.26. The van der Waals surface area contributed by atoms with Gasteiger partial charge in [-0.1, -0.05) is 0 Å². The highest BCUT2D eigenvalue weighted by Gasteiger charge is 2.29. The van der Waals surface area contributed by atoms with E-state index in [0.29, 0.717) is 0 Å². The topological polar surface area (TPSA) is 95.9 Å². The van der Waals surface area contributed by atoms with E-state index in [9.17, 15) is 13.2 Å². The molecule has 0 rings (SSSR count). The summed E-state index contributed by atoms with van der Waals surface area (Å²) >= 11 is 0. The smallest absolute Gasteiger partial charge is 0.324 e. The van der Waals surface area contributed by atoms with E-state index in [4.69, 9.17) is 9.84 Å². The molecule has 1 atom stereocenters. The number of hydrogen-bond donors (Lipinski definition) is 2. The van der Waals surface area contributed by atoms with E-state index in [-0.39, 0.29) is 12.6 Å². The van der Waals surface area contributed by atoms with Crippen molar-refractivity contribution in [2.45, 2.75) is 52.3 Å². The fraction of sp³-hybridized carbons (Fsp3) is 0.909. The monoisotopic (exact) mass is 296 g/mol. The second-order valence-electron chi connectivity index (χ2n) is 5.55. The van der Waals surface area contributed by atoms with Gasteiger partial charge in [0.25, 0.3) is 10.2 Å². The predicted molar refractivity (Wildman–Crippen MR) is 72.1 cm³/mol. The summed E-state index contributed by atoms with van der Waals surface area (Å²) in [6.45, 7) is 8.45. The van der Waals surface area contributed by atoms with Crippen LogP contribution in [0.2, 0.25) is 0 Å². The summed E-state index contributed by atoms with van der Waals surface area (Å²) in [6.07, 6.45) is 0. The van der Waals surface area contributed by atoms with Gasteiger partial charge < -0.3 is 9.84 Å². The highest BCUT2D eigenvalue weighted by atomic mass is 32.2. The van der Waals surface area contributed by atoms with Crippen molar-refractivity contribution >= 4 is 16.2 Å².